The minimum atomic E-state index is -0.349. The molecule has 1 saturated heterocycles. The maximum atomic E-state index is 13.5. The van der Waals surface area contributed by atoms with Crippen LogP contribution in [0.3, 0.4) is 0 Å². The Bertz CT molecular complexity index is 1050. The average Bonchev–Trinajstić information content (AvgIpc) is 3.18. The number of esters is 1. The zero-order chi connectivity index (χ0) is 23.7. The first-order valence-corrected chi connectivity index (χ1v) is 11.8. The van der Waals surface area contributed by atoms with Gasteiger partial charge in [0.1, 0.15) is 5.75 Å². The van der Waals surface area contributed by atoms with Crippen molar-refractivity contribution in [3.05, 3.63) is 63.7 Å². The number of likely N-dealkylation sites (N-methyl/N-ethyl adjacent to an activating group) is 1. The quantitative estimate of drug-likeness (QED) is 0.511. The summed E-state index contributed by atoms with van der Waals surface area (Å²) < 4.78 is 5.41. The number of benzene rings is 2. The third-order valence-corrected chi connectivity index (χ3v) is 6.75. The molecule has 1 fully saturated rings. The minimum absolute atomic E-state index is 0.0283. The van der Waals surface area contributed by atoms with Crippen molar-refractivity contribution >= 4 is 11.9 Å². The molecule has 0 bridgehead atoms. The van der Waals surface area contributed by atoms with Crippen LogP contribution in [-0.2, 0) is 24.4 Å². The van der Waals surface area contributed by atoms with Gasteiger partial charge in [-0.05, 0) is 59.8 Å². The van der Waals surface area contributed by atoms with E-state index in [0.29, 0.717) is 24.4 Å². The molecule has 2 aliphatic rings. The van der Waals surface area contributed by atoms with E-state index in [1.807, 2.05) is 37.8 Å². The number of piperazine rings is 1. The number of nitrogens with zero attached hydrogens (tertiary/aromatic N) is 3. The Kier molecular flexibility index (Phi) is 6.86. The van der Waals surface area contributed by atoms with Gasteiger partial charge in [-0.25, -0.2) is 0 Å². The zero-order valence-electron chi connectivity index (χ0n) is 20.5. The normalized spacial score (nSPS) is 16.8. The summed E-state index contributed by atoms with van der Waals surface area (Å²) in [5, 5.41) is 0. The van der Waals surface area contributed by atoms with Crippen molar-refractivity contribution in [3.8, 4) is 5.75 Å². The van der Waals surface area contributed by atoms with Crippen LogP contribution in [-0.4, -0.2) is 59.8 Å². The van der Waals surface area contributed by atoms with E-state index >= 15 is 0 Å². The molecule has 0 N–H and O–H groups in total. The van der Waals surface area contributed by atoms with Gasteiger partial charge in [0, 0.05) is 58.3 Å². The number of fused-ring (bicyclic) bond motifs is 1. The van der Waals surface area contributed by atoms with Gasteiger partial charge in [0.2, 0.25) is 0 Å². The van der Waals surface area contributed by atoms with E-state index in [2.05, 4.69) is 35.0 Å². The zero-order valence-corrected chi connectivity index (χ0v) is 20.5. The second kappa shape index (κ2) is 9.65. The van der Waals surface area contributed by atoms with Crippen LogP contribution in [0.5, 0.6) is 5.75 Å². The van der Waals surface area contributed by atoms with Crippen LogP contribution >= 0.6 is 0 Å². The van der Waals surface area contributed by atoms with Gasteiger partial charge in [-0.1, -0.05) is 32.0 Å². The molecule has 2 heterocycles. The fourth-order valence-electron chi connectivity index (χ4n) is 4.75. The molecule has 176 valence electrons. The highest BCUT2D eigenvalue weighted by Gasteiger charge is 2.27. The average molecular weight is 450 g/mol. The van der Waals surface area contributed by atoms with Crippen molar-refractivity contribution in [2.24, 2.45) is 0 Å². The van der Waals surface area contributed by atoms with Crippen LogP contribution in [0.1, 0.15) is 64.9 Å². The molecule has 0 unspecified atom stereocenters. The molecule has 4 rings (SSSR count). The van der Waals surface area contributed by atoms with Crippen molar-refractivity contribution in [1.29, 1.82) is 0 Å². The number of rotatable bonds is 5. The second-order valence-corrected chi connectivity index (χ2v) is 9.80. The van der Waals surface area contributed by atoms with Crippen LogP contribution in [0, 0.1) is 6.92 Å². The molecule has 2 aliphatic heterocycles. The van der Waals surface area contributed by atoms with Gasteiger partial charge >= 0.3 is 5.97 Å². The Morgan fingerprint density at radius 1 is 1.00 bits per heavy atom. The number of aryl methyl sites for hydroxylation is 1. The first-order valence-electron chi connectivity index (χ1n) is 11.8. The van der Waals surface area contributed by atoms with Gasteiger partial charge in [0.25, 0.3) is 5.91 Å². The molecule has 0 aromatic heterocycles. The lowest BCUT2D eigenvalue weighted by molar-refractivity contribution is -0.131. The summed E-state index contributed by atoms with van der Waals surface area (Å²) in [7, 11) is 2.17. The van der Waals surface area contributed by atoms with Crippen molar-refractivity contribution in [3.63, 3.8) is 0 Å². The maximum Gasteiger partial charge on any atom is 0.308 e. The molecule has 2 aromatic carbocycles. The first kappa shape index (κ1) is 23.5. The Hall–Kier alpha value is -2.70. The van der Waals surface area contributed by atoms with E-state index in [1.54, 1.807) is 0 Å². The lowest BCUT2D eigenvalue weighted by Gasteiger charge is -2.32. The number of amides is 1. The van der Waals surface area contributed by atoms with Crippen molar-refractivity contribution < 1.29 is 14.3 Å². The van der Waals surface area contributed by atoms with E-state index in [9.17, 15) is 9.59 Å². The third-order valence-electron chi connectivity index (χ3n) is 6.75. The molecule has 0 spiro atoms. The predicted molar refractivity (Wildman–Crippen MR) is 129 cm³/mol. The standard InChI is InChI=1S/C27H35N3O3/c1-18(2)24-14-25(19(3)12-26(24)33-20(4)31)27(32)30-16-22-7-6-21(13-23(22)17-30)15-29-10-8-28(5)9-11-29/h6-7,12-14,18H,8-11,15-17H2,1-5H3. The molecule has 33 heavy (non-hydrogen) atoms. The van der Waals surface area contributed by atoms with E-state index in [1.165, 1.54) is 23.6 Å². The summed E-state index contributed by atoms with van der Waals surface area (Å²) in [6.45, 7) is 14.0. The van der Waals surface area contributed by atoms with E-state index in [0.717, 1.165) is 43.9 Å². The second-order valence-electron chi connectivity index (χ2n) is 9.80. The number of ether oxygens (including phenoxy) is 1. The van der Waals surface area contributed by atoms with E-state index < -0.39 is 0 Å². The summed E-state index contributed by atoms with van der Waals surface area (Å²) in [4.78, 5) is 31.8. The lowest BCUT2D eigenvalue weighted by atomic mass is 9.96. The van der Waals surface area contributed by atoms with Crippen LogP contribution in [0.25, 0.3) is 0 Å². The van der Waals surface area contributed by atoms with Crippen LogP contribution in [0.4, 0.5) is 0 Å². The molecule has 0 aliphatic carbocycles. The van der Waals surface area contributed by atoms with E-state index in [-0.39, 0.29) is 17.8 Å². The monoisotopic (exact) mass is 449 g/mol. The molecule has 0 saturated carbocycles. The van der Waals surface area contributed by atoms with Gasteiger partial charge in [-0.2, -0.15) is 0 Å². The fourth-order valence-corrected chi connectivity index (χ4v) is 4.75. The predicted octanol–water partition coefficient (Wildman–Crippen LogP) is 3.95. The van der Waals surface area contributed by atoms with Crippen molar-refractivity contribution in [2.45, 2.75) is 53.2 Å². The van der Waals surface area contributed by atoms with Crippen LogP contribution in [0.2, 0.25) is 0 Å². The van der Waals surface area contributed by atoms with Crippen LogP contribution in [0.15, 0.2) is 30.3 Å². The topological polar surface area (TPSA) is 53.1 Å². The molecule has 6 nitrogen and oxygen atoms in total. The first-order chi connectivity index (χ1) is 15.7. The smallest absolute Gasteiger partial charge is 0.308 e. The Morgan fingerprint density at radius 2 is 1.70 bits per heavy atom. The molecule has 0 radical (unpaired) electrons. The Balaban J connectivity index is 1.50. The van der Waals surface area contributed by atoms with Gasteiger partial charge in [-0.15, -0.1) is 0 Å². The fraction of sp³-hybridized carbons (Fsp3) is 0.481. The SMILES string of the molecule is CC(=O)Oc1cc(C)c(C(=O)N2Cc3ccc(CN4CCN(C)CC4)cc3C2)cc1C(C)C. The molecule has 0 atom stereocenters. The maximum absolute atomic E-state index is 13.5. The molecular formula is C27H35N3O3. The molecule has 2 aromatic rings. The highest BCUT2D eigenvalue weighted by Crippen LogP contribution is 2.32. The largest absolute Gasteiger partial charge is 0.426 e. The summed E-state index contributed by atoms with van der Waals surface area (Å²) in [5.74, 6) is 0.363. The summed E-state index contributed by atoms with van der Waals surface area (Å²) in [6.07, 6.45) is 0. The molecular weight excluding hydrogens is 414 g/mol. The van der Waals surface area contributed by atoms with Gasteiger partial charge in [0.15, 0.2) is 0 Å². The highest BCUT2D eigenvalue weighted by molar-refractivity contribution is 5.96. The summed E-state index contributed by atoms with van der Waals surface area (Å²) >= 11 is 0. The number of carbonyl (C=O) groups is 2. The van der Waals surface area contributed by atoms with Gasteiger partial charge in [-0.3, -0.25) is 14.5 Å². The Labute approximate surface area is 197 Å². The van der Waals surface area contributed by atoms with Gasteiger partial charge < -0.3 is 14.5 Å². The Morgan fingerprint density at radius 3 is 2.36 bits per heavy atom. The van der Waals surface area contributed by atoms with Crippen molar-refractivity contribution in [2.75, 3.05) is 33.2 Å². The molecule has 1 amide bonds. The van der Waals surface area contributed by atoms with Crippen LogP contribution < -0.4 is 4.74 Å². The minimum Gasteiger partial charge on any atom is -0.426 e. The van der Waals surface area contributed by atoms with Gasteiger partial charge in [0.05, 0.1) is 0 Å². The number of carbonyl (C=O) groups excluding carboxylic acids is 2. The number of hydrogen-bond acceptors (Lipinski definition) is 5. The third kappa shape index (κ3) is 5.28. The molecule has 6 heteroatoms. The summed E-state index contributed by atoms with van der Waals surface area (Å²) in [6, 6.07) is 10.4. The summed E-state index contributed by atoms with van der Waals surface area (Å²) in [5.41, 5.74) is 6.17. The lowest BCUT2D eigenvalue weighted by Crippen LogP contribution is -2.43. The van der Waals surface area contributed by atoms with Crippen molar-refractivity contribution in [1.82, 2.24) is 14.7 Å². The highest BCUT2D eigenvalue weighted by atomic mass is 16.5. The number of hydrogen-bond donors (Lipinski definition) is 0. The van der Waals surface area contributed by atoms with E-state index in [4.69, 9.17) is 4.74 Å².